The number of rotatable bonds is 7. The molecular weight excluding hydrogens is 488 g/mol. The van der Waals surface area contributed by atoms with E-state index in [0.29, 0.717) is 5.75 Å². The molecule has 0 saturated carbocycles. The minimum atomic E-state index is -1.28. The molecule has 212 valence electrons. The Bertz CT molecular complexity index is 1050. The topological polar surface area (TPSA) is 69.9 Å². The van der Waals surface area contributed by atoms with Crippen molar-refractivity contribution in [3.63, 3.8) is 0 Å². The van der Waals surface area contributed by atoms with Crippen LogP contribution in [0.3, 0.4) is 0 Å². The van der Waals surface area contributed by atoms with Crippen LogP contribution in [0.4, 0.5) is 0 Å². The van der Waals surface area contributed by atoms with E-state index in [4.69, 9.17) is 4.74 Å². The quantitative estimate of drug-likeness (QED) is 0.347. The van der Waals surface area contributed by atoms with Gasteiger partial charge in [-0.2, -0.15) is 0 Å². The highest BCUT2D eigenvalue weighted by Gasteiger charge is 2.43. The van der Waals surface area contributed by atoms with E-state index in [1.54, 1.807) is 0 Å². The van der Waals surface area contributed by atoms with Crippen LogP contribution < -0.4 is 4.74 Å². The van der Waals surface area contributed by atoms with Gasteiger partial charge in [-0.25, -0.2) is 0 Å². The first-order valence-electron chi connectivity index (χ1n) is 13.5. The van der Waals surface area contributed by atoms with Gasteiger partial charge in [-0.1, -0.05) is 113 Å². The molecule has 4 nitrogen and oxygen atoms in total. The van der Waals surface area contributed by atoms with E-state index in [1.807, 2.05) is 6.07 Å². The van der Waals surface area contributed by atoms with Gasteiger partial charge in [0.25, 0.3) is 0 Å². The highest BCUT2D eigenvalue weighted by Crippen LogP contribution is 2.45. The Balaban J connectivity index is 0.00000722. The van der Waals surface area contributed by atoms with E-state index >= 15 is 0 Å². The van der Waals surface area contributed by atoms with Crippen molar-refractivity contribution in [3.8, 4) is 5.75 Å². The van der Waals surface area contributed by atoms with Gasteiger partial charge in [-0.15, -0.1) is 0 Å². The van der Waals surface area contributed by atoms with Gasteiger partial charge in [0.05, 0.1) is 25.2 Å². The van der Waals surface area contributed by atoms with Gasteiger partial charge in [0.2, 0.25) is 0 Å². The summed E-state index contributed by atoms with van der Waals surface area (Å²) in [5.41, 5.74) is 3.64. The van der Waals surface area contributed by atoms with Crippen molar-refractivity contribution >= 4 is 11.0 Å². The number of ether oxygens (including phenoxy) is 1. The summed E-state index contributed by atoms with van der Waals surface area (Å²) in [7, 11) is 0. The first kappa shape index (κ1) is 34.4. The second kappa shape index (κ2) is 11.8. The highest BCUT2D eigenvalue weighted by atomic mass is 28.1. The third-order valence-corrected chi connectivity index (χ3v) is 7.41. The van der Waals surface area contributed by atoms with Crippen molar-refractivity contribution in [1.29, 1.82) is 0 Å². The molecule has 5 heteroatoms. The lowest BCUT2D eigenvalue weighted by Crippen LogP contribution is -2.43. The monoisotopic (exact) mass is 540 g/mol. The molecule has 2 aromatic carbocycles. The maximum absolute atomic E-state index is 10.5. The number of aliphatic hydroxyl groups is 3. The van der Waals surface area contributed by atoms with Crippen molar-refractivity contribution in [2.24, 2.45) is 5.41 Å². The van der Waals surface area contributed by atoms with E-state index in [2.05, 4.69) is 113 Å². The molecule has 3 N–H and O–H groups in total. The molecule has 0 saturated heterocycles. The number of aliphatic hydroxyl groups excluding tert-OH is 3. The van der Waals surface area contributed by atoms with Crippen molar-refractivity contribution in [2.45, 2.75) is 111 Å². The van der Waals surface area contributed by atoms with E-state index in [-0.39, 0.29) is 32.6 Å². The van der Waals surface area contributed by atoms with Gasteiger partial charge in [-0.3, -0.25) is 0 Å². The van der Waals surface area contributed by atoms with Crippen LogP contribution in [0.1, 0.15) is 117 Å². The molecule has 0 amide bonds. The standard InChI is InChI=1S/C33H52O4.Si/c1-29(2,3)22-13-15-24(25(17-22)31(7,8)9)28(33(19-34,20-35)21-36)37-27-16-14-23(30(4,5)6)18-26(27)32(10,11)12;/h13-18,28,34-36H,19-21H2,1-12H3;. The van der Waals surface area contributed by atoms with Crippen LogP contribution in [0, 0.1) is 5.41 Å². The van der Waals surface area contributed by atoms with E-state index in [0.717, 1.165) is 16.7 Å². The summed E-state index contributed by atoms with van der Waals surface area (Å²) >= 11 is 0. The van der Waals surface area contributed by atoms with Crippen LogP contribution in [0.15, 0.2) is 36.4 Å². The molecule has 2 aromatic rings. The lowest BCUT2D eigenvalue weighted by Gasteiger charge is -2.40. The Morgan fingerprint density at radius 3 is 1.34 bits per heavy atom. The number of hydrogen-bond donors (Lipinski definition) is 3. The lowest BCUT2D eigenvalue weighted by atomic mass is 9.72. The molecular formula is C33H52O4Si. The SMILES string of the molecule is CC(C)(C)c1ccc(OC(c2ccc(C(C)(C)C)cc2C(C)(C)C)C(CO)(CO)CO)c(C(C)(C)C)c1.[Si]. The molecule has 0 aliphatic carbocycles. The van der Waals surface area contributed by atoms with Crippen LogP contribution in [-0.4, -0.2) is 46.1 Å². The average molecular weight is 541 g/mol. The summed E-state index contributed by atoms with van der Waals surface area (Å²) in [6.45, 7) is 24.9. The predicted octanol–water partition coefficient (Wildman–Crippen LogP) is 6.58. The van der Waals surface area contributed by atoms with Crippen molar-refractivity contribution in [1.82, 2.24) is 0 Å². The average Bonchev–Trinajstić information content (AvgIpc) is 2.77. The minimum Gasteiger partial charge on any atom is -0.485 e. The van der Waals surface area contributed by atoms with Gasteiger partial charge in [0.1, 0.15) is 11.9 Å². The predicted molar refractivity (Wildman–Crippen MR) is 160 cm³/mol. The van der Waals surface area contributed by atoms with Crippen LogP contribution >= 0.6 is 0 Å². The summed E-state index contributed by atoms with van der Waals surface area (Å²) < 4.78 is 6.85. The lowest BCUT2D eigenvalue weighted by molar-refractivity contribution is -0.0752. The summed E-state index contributed by atoms with van der Waals surface area (Å²) in [6.07, 6.45) is -0.766. The summed E-state index contributed by atoms with van der Waals surface area (Å²) in [6, 6.07) is 12.7. The maximum atomic E-state index is 10.5. The fourth-order valence-corrected chi connectivity index (χ4v) is 4.63. The Morgan fingerprint density at radius 2 is 0.974 bits per heavy atom. The number of hydrogen-bond acceptors (Lipinski definition) is 4. The molecule has 0 bridgehead atoms. The molecule has 0 aliphatic heterocycles. The fourth-order valence-electron chi connectivity index (χ4n) is 4.63. The van der Waals surface area contributed by atoms with Crippen LogP contribution in [0.5, 0.6) is 5.75 Å². The Kier molecular flexibility index (Phi) is 10.7. The Hall–Kier alpha value is -1.66. The first-order chi connectivity index (χ1) is 16.7. The second-order valence-corrected chi connectivity index (χ2v) is 14.8. The fraction of sp³-hybridized carbons (Fsp3) is 0.636. The molecule has 0 aromatic heterocycles. The zero-order valence-electron chi connectivity index (χ0n) is 25.9. The molecule has 4 radical (unpaired) electrons. The summed E-state index contributed by atoms with van der Waals surface area (Å²) in [4.78, 5) is 0. The molecule has 1 atom stereocenters. The van der Waals surface area contributed by atoms with Crippen molar-refractivity contribution in [2.75, 3.05) is 19.8 Å². The van der Waals surface area contributed by atoms with Gasteiger partial charge in [-0.05, 0) is 55.5 Å². The van der Waals surface area contributed by atoms with Crippen molar-refractivity contribution in [3.05, 3.63) is 64.2 Å². The van der Waals surface area contributed by atoms with E-state index in [9.17, 15) is 15.3 Å². The Morgan fingerprint density at radius 1 is 0.579 bits per heavy atom. The normalized spacial score (nSPS) is 14.2. The first-order valence-corrected chi connectivity index (χ1v) is 13.5. The second-order valence-electron chi connectivity index (χ2n) is 14.8. The highest BCUT2D eigenvalue weighted by molar-refractivity contribution is 5.75. The summed E-state index contributed by atoms with van der Waals surface area (Å²) in [5.74, 6) is 0.699. The molecule has 0 spiro atoms. The molecule has 0 fully saturated rings. The van der Waals surface area contributed by atoms with Gasteiger partial charge >= 0.3 is 0 Å². The van der Waals surface area contributed by atoms with Crippen molar-refractivity contribution < 1.29 is 20.1 Å². The minimum absolute atomic E-state index is 0. The molecule has 0 heterocycles. The maximum Gasteiger partial charge on any atom is 0.136 e. The Labute approximate surface area is 236 Å². The zero-order valence-corrected chi connectivity index (χ0v) is 26.9. The van der Waals surface area contributed by atoms with Crippen LogP contribution in [-0.2, 0) is 21.7 Å². The van der Waals surface area contributed by atoms with Gasteiger partial charge in [0, 0.05) is 11.0 Å². The van der Waals surface area contributed by atoms with Gasteiger partial charge in [0.15, 0.2) is 0 Å². The van der Waals surface area contributed by atoms with Crippen LogP contribution in [0.2, 0.25) is 0 Å². The van der Waals surface area contributed by atoms with Gasteiger partial charge < -0.3 is 20.1 Å². The van der Waals surface area contributed by atoms with E-state index < -0.39 is 31.3 Å². The third-order valence-electron chi connectivity index (χ3n) is 7.41. The summed E-state index contributed by atoms with van der Waals surface area (Å²) in [5, 5.41) is 31.6. The molecule has 38 heavy (non-hydrogen) atoms. The van der Waals surface area contributed by atoms with Crippen LogP contribution in [0.25, 0.3) is 0 Å². The largest absolute Gasteiger partial charge is 0.485 e. The smallest absolute Gasteiger partial charge is 0.136 e. The molecule has 1 unspecified atom stereocenters. The third kappa shape index (κ3) is 7.50. The molecule has 0 aliphatic rings. The zero-order chi connectivity index (χ0) is 28.6. The number of benzene rings is 2. The van der Waals surface area contributed by atoms with E-state index in [1.165, 1.54) is 11.1 Å². The molecule has 2 rings (SSSR count).